The van der Waals surface area contributed by atoms with Gasteiger partial charge in [0.05, 0.1) is 10.6 Å². The van der Waals surface area contributed by atoms with Gasteiger partial charge in [0.1, 0.15) is 0 Å². The number of hydrogen-bond donors (Lipinski definition) is 2. The first kappa shape index (κ1) is 23.6. The number of imidazole rings is 1. The van der Waals surface area contributed by atoms with Crippen molar-refractivity contribution in [1.29, 1.82) is 0 Å². The minimum absolute atomic E-state index is 0.0716. The lowest BCUT2D eigenvalue weighted by atomic mass is 9.73. The van der Waals surface area contributed by atoms with Crippen LogP contribution >= 0.6 is 11.8 Å². The molecule has 7 nitrogen and oxygen atoms in total. The summed E-state index contributed by atoms with van der Waals surface area (Å²) in [6.45, 7) is 8.74. The third kappa shape index (κ3) is 3.92. The molecule has 1 saturated heterocycles. The zero-order chi connectivity index (χ0) is 24.7. The number of nitrogens with two attached hydrogens (primary N) is 2. The van der Waals surface area contributed by atoms with E-state index in [0.717, 1.165) is 54.5 Å². The molecule has 4 N–H and O–H groups in total. The molecule has 1 aliphatic carbocycles. The highest BCUT2D eigenvalue weighted by Gasteiger charge is 2.46. The number of benzene rings is 1. The molecule has 1 atom stereocenters. The van der Waals surface area contributed by atoms with Gasteiger partial charge in [0.2, 0.25) is 5.95 Å². The molecule has 9 heteroatoms. The Balaban J connectivity index is 1.42. The van der Waals surface area contributed by atoms with Crippen LogP contribution in [0.3, 0.4) is 0 Å². The molecule has 1 fully saturated rings. The number of aryl methyl sites for hydroxylation is 1. The van der Waals surface area contributed by atoms with E-state index < -0.39 is 5.83 Å². The summed E-state index contributed by atoms with van der Waals surface area (Å²) in [4.78, 5) is 16.5. The van der Waals surface area contributed by atoms with Crippen molar-refractivity contribution in [2.75, 3.05) is 18.0 Å². The lowest BCUT2D eigenvalue weighted by molar-refractivity contribution is 0.186. The molecule has 0 amide bonds. The highest BCUT2D eigenvalue weighted by Crippen LogP contribution is 2.51. The number of aliphatic imine (C=N–C) groups is 1. The third-order valence-corrected chi connectivity index (χ3v) is 8.69. The molecule has 5 rings (SSSR count). The van der Waals surface area contributed by atoms with Crippen LogP contribution < -0.4 is 16.4 Å². The van der Waals surface area contributed by atoms with Gasteiger partial charge in [-0.05, 0) is 56.4 Å². The Bertz CT molecular complexity index is 1350. The second kappa shape index (κ2) is 9.13. The van der Waals surface area contributed by atoms with E-state index in [9.17, 15) is 4.39 Å². The molecule has 182 valence electrons. The van der Waals surface area contributed by atoms with E-state index in [1.54, 1.807) is 19.2 Å². The fourth-order valence-electron chi connectivity index (χ4n) is 5.39. The van der Waals surface area contributed by atoms with Crippen molar-refractivity contribution >= 4 is 30.1 Å². The van der Waals surface area contributed by atoms with Gasteiger partial charge in [-0.25, -0.2) is 19.4 Å². The standard InChI is InChI=1S/C26H30FN7S/c1-4-19(20(27)23(29)30-3)35-21-16(2)32-25(34-14-11-31-24(21)34)33-12-9-26(10-13-33)15-17-7-5-6-8-18(17)22(26)28/h4-8,11,14,22H,3,9-10,12-13,15,28-29H2,1-2H3/b19-4+,23-20+/t22-/m1/s1. The van der Waals surface area contributed by atoms with Crippen molar-refractivity contribution in [2.24, 2.45) is 21.9 Å². The molecule has 0 radical (unpaired) electrons. The lowest BCUT2D eigenvalue weighted by Gasteiger charge is -2.42. The summed E-state index contributed by atoms with van der Waals surface area (Å²) in [7, 11) is 0. The predicted molar refractivity (Wildman–Crippen MR) is 140 cm³/mol. The summed E-state index contributed by atoms with van der Waals surface area (Å²) < 4.78 is 16.7. The van der Waals surface area contributed by atoms with Crippen LogP contribution in [0, 0.1) is 12.3 Å². The highest BCUT2D eigenvalue weighted by molar-refractivity contribution is 8.03. The quantitative estimate of drug-likeness (QED) is 0.306. The smallest absolute Gasteiger partial charge is 0.211 e. The summed E-state index contributed by atoms with van der Waals surface area (Å²) in [5.41, 5.74) is 16.7. The largest absolute Gasteiger partial charge is 0.381 e. The topological polar surface area (TPSA) is 97.8 Å². The van der Waals surface area contributed by atoms with Crippen LogP contribution in [-0.2, 0) is 6.42 Å². The molecular formula is C26H30FN7S. The van der Waals surface area contributed by atoms with Gasteiger partial charge in [0.25, 0.3) is 0 Å². The zero-order valence-corrected chi connectivity index (χ0v) is 20.9. The molecule has 0 saturated carbocycles. The molecule has 0 bridgehead atoms. The number of piperidine rings is 1. The zero-order valence-electron chi connectivity index (χ0n) is 20.0. The van der Waals surface area contributed by atoms with E-state index in [1.165, 1.54) is 22.9 Å². The lowest BCUT2D eigenvalue weighted by Crippen LogP contribution is -2.45. The maximum atomic E-state index is 14.7. The molecule has 1 aliphatic heterocycles. The number of nitrogens with zero attached hydrogens (tertiary/aromatic N) is 5. The molecule has 0 unspecified atom stereocenters. The van der Waals surface area contributed by atoms with Gasteiger partial charge in [-0.2, -0.15) is 0 Å². The minimum atomic E-state index is -0.601. The Labute approximate surface area is 208 Å². The fourth-order valence-corrected chi connectivity index (χ4v) is 6.35. The first-order valence-corrected chi connectivity index (χ1v) is 12.6. The maximum absolute atomic E-state index is 14.7. The van der Waals surface area contributed by atoms with Gasteiger partial charge < -0.3 is 16.4 Å². The summed E-state index contributed by atoms with van der Waals surface area (Å²) in [6.07, 6.45) is 8.36. The van der Waals surface area contributed by atoms with E-state index in [4.69, 9.17) is 16.5 Å². The molecule has 1 spiro atoms. The van der Waals surface area contributed by atoms with Crippen LogP contribution in [0.25, 0.3) is 5.65 Å². The fraction of sp³-hybridized carbons (Fsp3) is 0.346. The monoisotopic (exact) mass is 491 g/mol. The summed E-state index contributed by atoms with van der Waals surface area (Å²) in [6, 6.07) is 8.64. The van der Waals surface area contributed by atoms with Crippen molar-refractivity contribution in [3.05, 3.63) is 76.1 Å². The Hall–Kier alpha value is -3.17. The Kier molecular flexibility index (Phi) is 6.14. The van der Waals surface area contributed by atoms with E-state index in [2.05, 4.69) is 45.9 Å². The van der Waals surface area contributed by atoms with Crippen LogP contribution in [0.2, 0.25) is 0 Å². The second-order valence-electron chi connectivity index (χ2n) is 9.26. The second-order valence-corrected chi connectivity index (χ2v) is 10.3. The predicted octanol–water partition coefficient (Wildman–Crippen LogP) is 4.67. The minimum Gasteiger partial charge on any atom is -0.381 e. The van der Waals surface area contributed by atoms with Crippen LogP contribution in [0.4, 0.5) is 10.3 Å². The van der Waals surface area contributed by atoms with E-state index in [1.807, 2.05) is 17.5 Å². The van der Waals surface area contributed by atoms with Crippen LogP contribution in [0.1, 0.15) is 42.6 Å². The molecule has 35 heavy (non-hydrogen) atoms. The van der Waals surface area contributed by atoms with E-state index in [-0.39, 0.29) is 17.3 Å². The Morgan fingerprint density at radius 2 is 2.06 bits per heavy atom. The van der Waals surface area contributed by atoms with Gasteiger partial charge in [-0.1, -0.05) is 42.1 Å². The number of anilines is 1. The Morgan fingerprint density at radius 1 is 1.31 bits per heavy atom. The Morgan fingerprint density at radius 3 is 2.74 bits per heavy atom. The molecule has 3 heterocycles. The van der Waals surface area contributed by atoms with Crippen molar-refractivity contribution in [1.82, 2.24) is 14.4 Å². The van der Waals surface area contributed by atoms with Crippen molar-refractivity contribution < 1.29 is 4.39 Å². The number of allylic oxidation sites excluding steroid dienone is 2. The van der Waals surface area contributed by atoms with Gasteiger partial charge in [-0.3, -0.25) is 4.40 Å². The third-order valence-electron chi connectivity index (χ3n) is 7.38. The maximum Gasteiger partial charge on any atom is 0.211 e. The normalized spacial score (nSPS) is 20.3. The van der Waals surface area contributed by atoms with Gasteiger partial charge in [0, 0.05) is 36.4 Å². The summed E-state index contributed by atoms with van der Waals surface area (Å²) in [5, 5.41) is 0. The number of rotatable bonds is 5. The van der Waals surface area contributed by atoms with Crippen molar-refractivity contribution in [3.8, 4) is 0 Å². The van der Waals surface area contributed by atoms with Gasteiger partial charge in [-0.15, -0.1) is 0 Å². The van der Waals surface area contributed by atoms with Crippen LogP contribution in [0.5, 0.6) is 0 Å². The van der Waals surface area contributed by atoms with E-state index in [0.29, 0.717) is 4.91 Å². The first-order chi connectivity index (χ1) is 16.9. The number of hydrogen-bond acceptors (Lipinski definition) is 7. The summed E-state index contributed by atoms with van der Waals surface area (Å²) in [5.74, 6) is 0.0150. The van der Waals surface area contributed by atoms with Crippen LogP contribution in [-0.4, -0.2) is 34.2 Å². The molecule has 2 aromatic heterocycles. The summed E-state index contributed by atoms with van der Waals surface area (Å²) >= 11 is 1.24. The molecule has 1 aromatic carbocycles. The number of thioether (sulfide) groups is 1. The average Bonchev–Trinajstić information content (AvgIpc) is 3.47. The van der Waals surface area contributed by atoms with Gasteiger partial charge in [0.15, 0.2) is 17.3 Å². The van der Waals surface area contributed by atoms with Crippen LogP contribution in [0.15, 0.2) is 69.2 Å². The van der Waals surface area contributed by atoms with Gasteiger partial charge >= 0.3 is 0 Å². The number of fused-ring (bicyclic) bond motifs is 2. The van der Waals surface area contributed by atoms with Crippen molar-refractivity contribution in [3.63, 3.8) is 0 Å². The highest BCUT2D eigenvalue weighted by atomic mass is 32.2. The SMILES string of the molecule is C=N/C(N)=C(F)\C(=C/C)Sc1c(C)nc(N2CCC3(CC2)Cc2ccccc2[C@H]3N)n2ccnc12. The molecule has 2 aliphatic rings. The number of halogens is 1. The number of aromatic nitrogens is 3. The molecular weight excluding hydrogens is 461 g/mol. The average molecular weight is 492 g/mol. The molecule has 3 aromatic rings. The first-order valence-electron chi connectivity index (χ1n) is 11.8. The van der Waals surface area contributed by atoms with Crippen molar-refractivity contribution in [2.45, 2.75) is 44.0 Å². The van der Waals surface area contributed by atoms with E-state index >= 15 is 0 Å².